The van der Waals surface area contributed by atoms with Crippen molar-refractivity contribution in [2.75, 3.05) is 47.5 Å². The molecular weight excluding hydrogens is 959 g/mol. The maximum Gasteiger partial charge on any atom is 0.361 e. The average molecular weight is 1090 g/mol. The Morgan fingerprint density at radius 1 is 0.338 bits per heavy atom. The third kappa shape index (κ3) is 61.8. The Balaban J connectivity index is 4.06. The van der Waals surface area contributed by atoms with Crippen LogP contribution in [0, 0.1) is 0 Å². The number of hydrogen-bond acceptors (Lipinski definition) is 7. The SMILES string of the molecule is CCCCCCCCCCCCCCCCCCCCCCCCCCCCCCCC(=O)OC(COC(=O)CCCCCCCCCCCCCCCCCCCCCCCCC)COC(OCC[N+](C)(C)C)C(=O)O. The van der Waals surface area contributed by atoms with Crippen LogP contribution in [0.1, 0.15) is 361 Å². The number of esters is 2. The van der Waals surface area contributed by atoms with Gasteiger partial charge in [0, 0.05) is 12.8 Å². The van der Waals surface area contributed by atoms with Crippen LogP contribution in [0.15, 0.2) is 0 Å². The largest absolute Gasteiger partial charge is 0.477 e. The molecule has 1 N–H and O–H groups in total. The van der Waals surface area contributed by atoms with E-state index < -0.39 is 18.4 Å². The molecule has 0 bridgehead atoms. The highest BCUT2D eigenvalue weighted by molar-refractivity contribution is 5.71. The number of ether oxygens (including phenoxy) is 4. The molecule has 0 saturated heterocycles. The lowest BCUT2D eigenvalue weighted by Gasteiger charge is -2.25. The number of likely N-dealkylation sites (N-methyl/N-ethyl adjacent to an activating group) is 1. The Morgan fingerprint density at radius 3 is 0.831 bits per heavy atom. The van der Waals surface area contributed by atoms with Gasteiger partial charge in [-0.25, -0.2) is 4.79 Å². The molecule has 0 aliphatic carbocycles. The molecule has 0 aromatic heterocycles. The molecule has 9 nitrogen and oxygen atoms in total. The first kappa shape index (κ1) is 75.3. The van der Waals surface area contributed by atoms with Gasteiger partial charge in [-0.05, 0) is 12.8 Å². The van der Waals surface area contributed by atoms with E-state index in [1.165, 1.54) is 295 Å². The molecule has 0 amide bonds. The number of unbranched alkanes of at least 4 members (excludes halogenated alkanes) is 50. The Hall–Kier alpha value is -1.71. The normalized spacial score (nSPS) is 12.6. The molecule has 0 rings (SSSR count). The van der Waals surface area contributed by atoms with Gasteiger partial charge >= 0.3 is 17.9 Å². The minimum Gasteiger partial charge on any atom is -0.477 e. The van der Waals surface area contributed by atoms with E-state index in [-0.39, 0.29) is 38.2 Å². The number of rotatable bonds is 65. The van der Waals surface area contributed by atoms with Crippen molar-refractivity contribution in [3.63, 3.8) is 0 Å². The lowest BCUT2D eigenvalue weighted by atomic mass is 10.0. The molecule has 77 heavy (non-hydrogen) atoms. The van der Waals surface area contributed by atoms with Gasteiger partial charge in [0.25, 0.3) is 6.29 Å². The predicted molar refractivity (Wildman–Crippen MR) is 328 cm³/mol. The molecule has 0 aromatic rings. The number of quaternary nitrogens is 1. The van der Waals surface area contributed by atoms with Gasteiger partial charge in [-0.15, -0.1) is 0 Å². The molecule has 0 fully saturated rings. The van der Waals surface area contributed by atoms with Gasteiger partial charge in [-0.2, -0.15) is 0 Å². The summed E-state index contributed by atoms with van der Waals surface area (Å²) in [4.78, 5) is 37.6. The molecule has 0 radical (unpaired) electrons. The van der Waals surface area contributed by atoms with Crippen LogP contribution in [0.5, 0.6) is 0 Å². The fourth-order valence-electron chi connectivity index (χ4n) is 10.6. The molecule has 0 saturated carbocycles. The first-order valence-electron chi connectivity index (χ1n) is 34.2. The van der Waals surface area contributed by atoms with Crippen molar-refractivity contribution in [1.29, 1.82) is 0 Å². The van der Waals surface area contributed by atoms with E-state index in [1.54, 1.807) is 0 Å². The summed E-state index contributed by atoms with van der Waals surface area (Å²) in [6.45, 7) is 4.97. The zero-order chi connectivity index (χ0) is 56.2. The van der Waals surface area contributed by atoms with Crippen molar-refractivity contribution in [3.05, 3.63) is 0 Å². The van der Waals surface area contributed by atoms with Crippen LogP contribution in [-0.4, -0.2) is 87.4 Å². The minimum absolute atomic E-state index is 0.172. The third-order valence-electron chi connectivity index (χ3n) is 15.9. The number of nitrogens with zero attached hydrogens (tertiary/aromatic N) is 1. The molecule has 0 spiro atoms. The first-order valence-corrected chi connectivity index (χ1v) is 34.2. The van der Waals surface area contributed by atoms with Crippen molar-refractivity contribution in [2.45, 2.75) is 373 Å². The smallest absolute Gasteiger partial charge is 0.361 e. The van der Waals surface area contributed by atoms with E-state index in [4.69, 9.17) is 18.9 Å². The summed E-state index contributed by atoms with van der Waals surface area (Å²) in [5.74, 6) is -1.97. The van der Waals surface area contributed by atoms with Crippen molar-refractivity contribution in [1.82, 2.24) is 0 Å². The predicted octanol–water partition coefficient (Wildman–Crippen LogP) is 20.7. The Kier molecular flexibility index (Phi) is 59.0. The monoisotopic (exact) mass is 1090 g/mol. The third-order valence-corrected chi connectivity index (χ3v) is 15.9. The van der Waals surface area contributed by atoms with Crippen LogP contribution in [0.4, 0.5) is 0 Å². The molecule has 9 heteroatoms. The van der Waals surface area contributed by atoms with Gasteiger partial charge in [0.2, 0.25) is 0 Å². The summed E-state index contributed by atoms with van der Waals surface area (Å²) in [6.07, 6.45) is 67.9. The number of carbonyl (C=O) groups is 3. The van der Waals surface area contributed by atoms with Crippen LogP contribution in [-0.2, 0) is 33.3 Å². The van der Waals surface area contributed by atoms with Gasteiger partial charge in [-0.1, -0.05) is 335 Å². The summed E-state index contributed by atoms with van der Waals surface area (Å²) in [5, 5.41) is 9.73. The van der Waals surface area contributed by atoms with E-state index in [9.17, 15) is 19.5 Å². The highest BCUT2D eigenvalue weighted by Gasteiger charge is 2.25. The number of carboxylic acids is 1. The molecule has 2 unspecified atom stereocenters. The minimum atomic E-state index is -1.50. The Bertz CT molecular complexity index is 1220. The number of carboxylic acid groups (broad SMARTS) is 1. The average Bonchev–Trinajstić information content (AvgIpc) is 3.40. The summed E-state index contributed by atoms with van der Waals surface area (Å²) in [6, 6.07) is 0. The molecule has 458 valence electrons. The van der Waals surface area contributed by atoms with Crippen molar-refractivity contribution < 1.29 is 42.9 Å². The molecular formula is C68H134NO8+. The topological polar surface area (TPSA) is 108 Å². The standard InChI is InChI=1S/C68H133NO8/c1-6-8-10-12-14-16-18-20-22-24-26-28-30-31-32-33-34-35-37-39-41-43-45-47-49-51-53-55-57-59-66(71)77-64(63-76-68(67(72)73)74-61-60-69(3,4)5)62-75-65(70)58-56-54-52-50-48-46-44-42-40-38-36-29-27-25-23-21-19-17-15-13-11-9-7-2/h64,68H,6-63H2,1-5H3/p+1. The van der Waals surface area contributed by atoms with Crippen molar-refractivity contribution in [3.8, 4) is 0 Å². The van der Waals surface area contributed by atoms with Crippen LogP contribution in [0.3, 0.4) is 0 Å². The highest BCUT2D eigenvalue weighted by Crippen LogP contribution is 2.19. The quantitative estimate of drug-likeness (QED) is 0.0278. The van der Waals surface area contributed by atoms with E-state index >= 15 is 0 Å². The van der Waals surface area contributed by atoms with Crippen LogP contribution < -0.4 is 0 Å². The van der Waals surface area contributed by atoms with Gasteiger partial charge in [0.1, 0.15) is 13.2 Å². The molecule has 0 heterocycles. The Morgan fingerprint density at radius 2 is 0.584 bits per heavy atom. The first-order chi connectivity index (χ1) is 37.6. The molecule has 0 aliphatic heterocycles. The fourth-order valence-corrected chi connectivity index (χ4v) is 10.6. The lowest BCUT2D eigenvalue weighted by Crippen LogP contribution is -2.40. The highest BCUT2D eigenvalue weighted by atomic mass is 16.7. The maximum atomic E-state index is 12.9. The van der Waals surface area contributed by atoms with E-state index in [1.807, 2.05) is 21.1 Å². The lowest BCUT2D eigenvalue weighted by molar-refractivity contribution is -0.870. The van der Waals surface area contributed by atoms with Crippen LogP contribution in [0.25, 0.3) is 0 Å². The van der Waals surface area contributed by atoms with E-state index in [0.717, 1.165) is 38.5 Å². The van der Waals surface area contributed by atoms with E-state index in [2.05, 4.69) is 13.8 Å². The number of aliphatic carboxylic acids is 1. The van der Waals surface area contributed by atoms with Crippen molar-refractivity contribution >= 4 is 17.9 Å². The summed E-state index contributed by atoms with van der Waals surface area (Å²) < 4.78 is 23.0. The number of hydrogen-bond donors (Lipinski definition) is 1. The van der Waals surface area contributed by atoms with Crippen molar-refractivity contribution in [2.24, 2.45) is 0 Å². The van der Waals surface area contributed by atoms with E-state index in [0.29, 0.717) is 17.4 Å². The zero-order valence-electron chi connectivity index (χ0n) is 52.4. The molecule has 0 aromatic carbocycles. The van der Waals surface area contributed by atoms with Crippen LogP contribution >= 0.6 is 0 Å². The molecule has 2 atom stereocenters. The summed E-state index contributed by atoms with van der Waals surface area (Å²) in [7, 11) is 5.99. The zero-order valence-corrected chi connectivity index (χ0v) is 52.4. The second-order valence-corrected chi connectivity index (χ2v) is 24.9. The summed E-state index contributed by atoms with van der Waals surface area (Å²) >= 11 is 0. The number of carbonyl (C=O) groups excluding carboxylic acids is 2. The molecule has 0 aliphatic rings. The Labute approximate surface area is 479 Å². The second-order valence-electron chi connectivity index (χ2n) is 24.9. The van der Waals surface area contributed by atoms with Gasteiger partial charge in [-0.3, -0.25) is 9.59 Å². The van der Waals surface area contributed by atoms with Gasteiger partial charge < -0.3 is 28.5 Å². The van der Waals surface area contributed by atoms with Gasteiger partial charge in [0.15, 0.2) is 6.10 Å². The van der Waals surface area contributed by atoms with Gasteiger partial charge in [0.05, 0.1) is 34.4 Å². The van der Waals surface area contributed by atoms with Crippen LogP contribution in [0.2, 0.25) is 0 Å². The second kappa shape index (κ2) is 60.4. The summed E-state index contributed by atoms with van der Waals surface area (Å²) in [5.41, 5.74) is 0. The fraction of sp³-hybridized carbons (Fsp3) is 0.956. The maximum absolute atomic E-state index is 12.9.